The molecule has 0 aliphatic heterocycles. The minimum absolute atomic E-state index is 0.249. The van der Waals surface area contributed by atoms with Crippen LogP contribution < -0.4 is 5.32 Å². The van der Waals surface area contributed by atoms with E-state index < -0.39 is 11.6 Å². The zero-order valence-electron chi connectivity index (χ0n) is 21.0. The molecule has 5 nitrogen and oxygen atoms in total. The zero-order chi connectivity index (χ0) is 25.9. The molecule has 1 amide bonds. The van der Waals surface area contributed by atoms with Crippen molar-refractivity contribution < 1.29 is 23.1 Å². The predicted octanol–water partition coefficient (Wildman–Crippen LogP) is 7.39. The standard InChI is InChI=1S/C30H30FNO4/c1-5-6-16-32-28(33)26-24-18-21(20-8-7-9-22(17-20)29(34)36-30(2,3)4)12-15-25(24)35-27(26)19-10-13-23(31)14-11-19/h7-15,17-18H,5-6,16H2,1-4H3,(H,32,33). The Bertz CT molecular complexity index is 1400. The van der Waals surface area contributed by atoms with Crippen molar-refractivity contribution in [3.05, 3.63) is 83.7 Å². The summed E-state index contributed by atoms with van der Waals surface area (Å²) >= 11 is 0. The van der Waals surface area contributed by atoms with E-state index in [-0.39, 0.29) is 11.7 Å². The van der Waals surface area contributed by atoms with Crippen molar-refractivity contribution in [3.63, 3.8) is 0 Å². The molecule has 1 heterocycles. The highest BCUT2D eigenvalue weighted by Crippen LogP contribution is 2.36. The van der Waals surface area contributed by atoms with Gasteiger partial charge in [0.15, 0.2) is 0 Å². The summed E-state index contributed by atoms with van der Waals surface area (Å²) in [4.78, 5) is 25.9. The average Bonchev–Trinajstić information content (AvgIpc) is 3.22. The van der Waals surface area contributed by atoms with Gasteiger partial charge in [0.25, 0.3) is 5.91 Å². The van der Waals surface area contributed by atoms with Gasteiger partial charge in [0, 0.05) is 17.5 Å². The molecule has 1 N–H and O–H groups in total. The van der Waals surface area contributed by atoms with E-state index in [4.69, 9.17) is 9.15 Å². The first-order valence-corrected chi connectivity index (χ1v) is 12.1. The molecule has 186 valence electrons. The molecule has 0 unspecified atom stereocenters. The number of rotatable bonds is 7. The fraction of sp³-hybridized carbons (Fsp3) is 0.267. The zero-order valence-corrected chi connectivity index (χ0v) is 21.0. The van der Waals surface area contributed by atoms with Gasteiger partial charge < -0.3 is 14.5 Å². The van der Waals surface area contributed by atoms with Crippen molar-refractivity contribution >= 4 is 22.8 Å². The number of carbonyl (C=O) groups excluding carboxylic acids is 2. The number of hydrogen-bond acceptors (Lipinski definition) is 4. The molecule has 3 aromatic carbocycles. The Balaban J connectivity index is 1.79. The summed E-state index contributed by atoms with van der Waals surface area (Å²) in [5, 5.41) is 3.61. The lowest BCUT2D eigenvalue weighted by Gasteiger charge is -2.19. The third kappa shape index (κ3) is 5.65. The van der Waals surface area contributed by atoms with E-state index >= 15 is 0 Å². The summed E-state index contributed by atoms with van der Waals surface area (Å²) in [6.45, 7) is 8.08. The first-order valence-electron chi connectivity index (χ1n) is 12.1. The Labute approximate surface area is 210 Å². The van der Waals surface area contributed by atoms with Crippen molar-refractivity contribution in [2.24, 2.45) is 0 Å². The van der Waals surface area contributed by atoms with Crippen LogP contribution in [0, 0.1) is 5.82 Å². The third-order valence-corrected chi connectivity index (χ3v) is 5.67. The Morgan fingerprint density at radius 2 is 1.64 bits per heavy atom. The quantitative estimate of drug-likeness (QED) is 0.218. The molecule has 0 aliphatic rings. The fourth-order valence-electron chi connectivity index (χ4n) is 3.94. The second kappa shape index (κ2) is 10.4. The first-order chi connectivity index (χ1) is 17.2. The molecule has 0 spiro atoms. The summed E-state index contributed by atoms with van der Waals surface area (Å²) in [6, 6.07) is 18.6. The van der Waals surface area contributed by atoms with E-state index in [1.165, 1.54) is 12.1 Å². The molecule has 0 fully saturated rings. The maximum Gasteiger partial charge on any atom is 0.338 e. The van der Waals surface area contributed by atoms with Crippen LogP contribution in [0.15, 0.2) is 71.1 Å². The van der Waals surface area contributed by atoms with Gasteiger partial charge in [0.1, 0.15) is 22.8 Å². The van der Waals surface area contributed by atoms with Gasteiger partial charge in [-0.25, -0.2) is 9.18 Å². The minimum Gasteiger partial charge on any atom is -0.456 e. The molecule has 36 heavy (non-hydrogen) atoms. The Morgan fingerprint density at radius 3 is 2.33 bits per heavy atom. The van der Waals surface area contributed by atoms with Crippen LogP contribution >= 0.6 is 0 Å². The van der Waals surface area contributed by atoms with Gasteiger partial charge in [0.05, 0.1) is 11.1 Å². The Hall–Kier alpha value is -3.93. The highest BCUT2D eigenvalue weighted by Gasteiger charge is 2.23. The van der Waals surface area contributed by atoms with E-state index in [0.29, 0.717) is 40.0 Å². The first kappa shape index (κ1) is 25.2. The molecule has 0 saturated heterocycles. The second-order valence-corrected chi connectivity index (χ2v) is 9.72. The monoisotopic (exact) mass is 487 g/mol. The number of esters is 1. The number of amides is 1. The molecule has 4 rings (SSSR count). The van der Waals surface area contributed by atoms with Crippen molar-refractivity contribution in [1.29, 1.82) is 0 Å². The lowest BCUT2D eigenvalue weighted by Crippen LogP contribution is -2.24. The molecule has 4 aromatic rings. The molecule has 0 aliphatic carbocycles. The Kier molecular flexibility index (Phi) is 7.25. The fourth-order valence-corrected chi connectivity index (χ4v) is 3.94. The van der Waals surface area contributed by atoms with Crippen LogP contribution in [-0.2, 0) is 4.74 Å². The van der Waals surface area contributed by atoms with Crippen molar-refractivity contribution in [2.45, 2.75) is 46.1 Å². The van der Waals surface area contributed by atoms with Crippen LogP contribution in [0.1, 0.15) is 61.3 Å². The third-order valence-electron chi connectivity index (χ3n) is 5.67. The van der Waals surface area contributed by atoms with Gasteiger partial charge in [-0.2, -0.15) is 0 Å². The number of furan rings is 1. The summed E-state index contributed by atoms with van der Waals surface area (Å²) in [7, 11) is 0. The van der Waals surface area contributed by atoms with Gasteiger partial charge in [-0.05, 0) is 86.8 Å². The summed E-state index contributed by atoms with van der Waals surface area (Å²) in [6.07, 6.45) is 1.81. The summed E-state index contributed by atoms with van der Waals surface area (Å²) < 4.78 is 25.2. The van der Waals surface area contributed by atoms with Crippen LogP contribution in [0.4, 0.5) is 4.39 Å². The van der Waals surface area contributed by atoms with E-state index in [2.05, 4.69) is 12.2 Å². The Morgan fingerprint density at radius 1 is 0.944 bits per heavy atom. The maximum atomic E-state index is 13.5. The van der Waals surface area contributed by atoms with Crippen molar-refractivity contribution in [2.75, 3.05) is 6.54 Å². The van der Waals surface area contributed by atoms with Crippen LogP contribution in [0.2, 0.25) is 0 Å². The number of halogens is 1. The lowest BCUT2D eigenvalue weighted by molar-refractivity contribution is 0.00694. The maximum absolute atomic E-state index is 13.5. The molecule has 0 bridgehead atoms. The van der Waals surface area contributed by atoms with E-state index in [0.717, 1.165) is 24.0 Å². The SMILES string of the molecule is CCCCNC(=O)c1c(-c2ccc(F)cc2)oc2ccc(-c3cccc(C(=O)OC(C)(C)C)c3)cc12. The number of hydrogen-bond donors (Lipinski definition) is 1. The lowest BCUT2D eigenvalue weighted by atomic mass is 9.99. The van der Waals surface area contributed by atoms with Gasteiger partial charge in [-0.3, -0.25) is 4.79 Å². The van der Waals surface area contributed by atoms with Crippen molar-refractivity contribution in [1.82, 2.24) is 5.32 Å². The van der Waals surface area contributed by atoms with E-state index in [1.54, 1.807) is 36.4 Å². The number of unbranched alkanes of at least 4 members (excludes halogenated alkanes) is 1. The largest absolute Gasteiger partial charge is 0.456 e. The van der Waals surface area contributed by atoms with Gasteiger partial charge in [-0.1, -0.05) is 31.5 Å². The van der Waals surface area contributed by atoms with Crippen LogP contribution in [-0.4, -0.2) is 24.0 Å². The summed E-state index contributed by atoms with van der Waals surface area (Å²) in [5.41, 5.74) is 3.03. The molecule has 1 aromatic heterocycles. The number of carbonyl (C=O) groups is 2. The van der Waals surface area contributed by atoms with Gasteiger partial charge >= 0.3 is 5.97 Å². The molecular formula is C30H30FNO4. The second-order valence-electron chi connectivity index (χ2n) is 9.72. The highest BCUT2D eigenvalue weighted by molar-refractivity contribution is 6.12. The average molecular weight is 488 g/mol. The van der Waals surface area contributed by atoms with Gasteiger partial charge in [0.2, 0.25) is 0 Å². The smallest absolute Gasteiger partial charge is 0.338 e. The van der Waals surface area contributed by atoms with Crippen LogP contribution in [0.5, 0.6) is 0 Å². The molecule has 0 atom stereocenters. The number of benzene rings is 3. The molecule has 0 saturated carbocycles. The number of ether oxygens (including phenoxy) is 1. The molecule has 6 heteroatoms. The van der Waals surface area contributed by atoms with Gasteiger partial charge in [-0.15, -0.1) is 0 Å². The highest BCUT2D eigenvalue weighted by atomic mass is 19.1. The van der Waals surface area contributed by atoms with Crippen LogP contribution in [0.3, 0.4) is 0 Å². The van der Waals surface area contributed by atoms with E-state index in [1.807, 2.05) is 39.0 Å². The molecular weight excluding hydrogens is 457 g/mol. The number of fused-ring (bicyclic) bond motifs is 1. The van der Waals surface area contributed by atoms with Crippen LogP contribution in [0.25, 0.3) is 33.4 Å². The predicted molar refractivity (Wildman–Crippen MR) is 139 cm³/mol. The summed E-state index contributed by atoms with van der Waals surface area (Å²) in [5.74, 6) is -0.626. The molecule has 0 radical (unpaired) electrons. The topological polar surface area (TPSA) is 68.5 Å². The minimum atomic E-state index is -0.598. The van der Waals surface area contributed by atoms with Crippen molar-refractivity contribution in [3.8, 4) is 22.5 Å². The number of nitrogens with one attached hydrogen (secondary N) is 1. The normalized spacial score (nSPS) is 11.5. The van der Waals surface area contributed by atoms with E-state index in [9.17, 15) is 14.0 Å².